The molecule has 1 saturated heterocycles. The van der Waals surface area contributed by atoms with Gasteiger partial charge >= 0.3 is 0 Å². The van der Waals surface area contributed by atoms with Crippen LogP contribution in [0.4, 0.5) is 0 Å². The fourth-order valence-electron chi connectivity index (χ4n) is 11.0. The number of aliphatic hydroxyl groups excluding tert-OH is 1. The van der Waals surface area contributed by atoms with Crippen LogP contribution in [-0.2, 0) is 9.53 Å². The van der Waals surface area contributed by atoms with Gasteiger partial charge in [-0.3, -0.25) is 4.79 Å². The van der Waals surface area contributed by atoms with Crippen molar-refractivity contribution in [1.29, 1.82) is 0 Å². The lowest BCUT2D eigenvalue weighted by Crippen LogP contribution is -2.62. The summed E-state index contributed by atoms with van der Waals surface area (Å²) >= 11 is 0. The van der Waals surface area contributed by atoms with E-state index in [0.717, 1.165) is 25.2 Å². The summed E-state index contributed by atoms with van der Waals surface area (Å²) in [5.41, 5.74) is 0.189. The molecule has 6 fully saturated rings. The van der Waals surface area contributed by atoms with Crippen molar-refractivity contribution in [1.82, 2.24) is 0 Å². The van der Waals surface area contributed by atoms with E-state index in [1.807, 2.05) is 0 Å². The predicted octanol–water partition coefficient (Wildman–Crippen LogP) is 6.17. The highest BCUT2D eigenvalue weighted by Crippen LogP contribution is 2.73. The van der Waals surface area contributed by atoms with Gasteiger partial charge in [0.1, 0.15) is 5.78 Å². The van der Waals surface area contributed by atoms with Crippen molar-refractivity contribution < 1.29 is 14.6 Å². The lowest BCUT2D eigenvalue weighted by atomic mass is 9.39. The molecule has 5 aliphatic carbocycles. The SMILES string of the molecule is CC1CCC2(CC1)OC1CC3C4CC(=O)[C@@]5(C)CC(O)CCC5(C)C4CCC3(C)C1C2C. The Kier molecular flexibility index (Phi) is 4.72. The minimum Gasteiger partial charge on any atom is -0.393 e. The van der Waals surface area contributed by atoms with Gasteiger partial charge in [0.05, 0.1) is 17.8 Å². The zero-order chi connectivity index (χ0) is 22.7. The van der Waals surface area contributed by atoms with Crippen LogP contribution in [0.3, 0.4) is 0 Å². The van der Waals surface area contributed by atoms with Gasteiger partial charge in [0.15, 0.2) is 0 Å². The molecule has 32 heavy (non-hydrogen) atoms. The van der Waals surface area contributed by atoms with E-state index in [4.69, 9.17) is 4.74 Å². The Bertz CT molecular complexity index is 798. The van der Waals surface area contributed by atoms with Gasteiger partial charge in [-0.05, 0) is 111 Å². The minimum absolute atomic E-state index is 0.0540. The molecule has 1 spiro atoms. The Hall–Kier alpha value is -0.410. The Morgan fingerprint density at radius 3 is 2.38 bits per heavy atom. The van der Waals surface area contributed by atoms with Gasteiger partial charge in [0.25, 0.3) is 0 Å². The molecular formula is C29H46O3. The number of rotatable bonds is 0. The third-order valence-electron chi connectivity index (χ3n) is 13.2. The number of carbonyl (C=O) groups excluding carboxylic acids is 1. The molecule has 1 N–H and O–H groups in total. The number of hydrogen-bond acceptors (Lipinski definition) is 3. The lowest BCUT2D eigenvalue weighted by Gasteiger charge is -2.64. The Morgan fingerprint density at radius 1 is 0.938 bits per heavy atom. The number of carbonyl (C=O) groups is 1. The van der Waals surface area contributed by atoms with Crippen molar-refractivity contribution >= 4 is 5.78 Å². The normalized spacial score (nSPS) is 61.8. The van der Waals surface area contributed by atoms with Crippen molar-refractivity contribution in [2.75, 3.05) is 0 Å². The fourth-order valence-corrected chi connectivity index (χ4v) is 11.0. The highest BCUT2D eigenvalue weighted by atomic mass is 16.5. The van der Waals surface area contributed by atoms with Crippen molar-refractivity contribution in [3.05, 3.63) is 0 Å². The monoisotopic (exact) mass is 442 g/mol. The van der Waals surface area contributed by atoms with Crippen LogP contribution in [0.1, 0.15) is 105 Å². The molecule has 180 valence electrons. The smallest absolute Gasteiger partial charge is 0.139 e. The van der Waals surface area contributed by atoms with E-state index in [-0.39, 0.29) is 22.5 Å². The van der Waals surface area contributed by atoms with Gasteiger partial charge in [0.2, 0.25) is 0 Å². The second-order valence-corrected chi connectivity index (χ2v) is 14.1. The number of fused-ring (bicyclic) bond motifs is 7. The molecule has 0 aromatic carbocycles. The molecule has 1 heterocycles. The summed E-state index contributed by atoms with van der Waals surface area (Å²) in [7, 11) is 0. The molecule has 6 rings (SSSR count). The average molecular weight is 443 g/mol. The highest BCUT2D eigenvalue weighted by molar-refractivity contribution is 5.87. The molecular weight excluding hydrogens is 396 g/mol. The van der Waals surface area contributed by atoms with Crippen LogP contribution in [0.5, 0.6) is 0 Å². The van der Waals surface area contributed by atoms with Gasteiger partial charge in [0, 0.05) is 11.8 Å². The van der Waals surface area contributed by atoms with Gasteiger partial charge < -0.3 is 9.84 Å². The van der Waals surface area contributed by atoms with Gasteiger partial charge in [-0.25, -0.2) is 0 Å². The summed E-state index contributed by atoms with van der Waals surface area (Å²) in [5.74, 6) is 4.42. The largest absolute Gasteiger partial charge is 0.393 e. The zero-order valence-electron chi connectivity index (χ0n) is 21.2. The summed E-state index contributed by atoms with van der Waals surface area (Å²) in [6.45, 7) is 12.1. The van der Waals surface area contributed by atoms with E-state index in [9.17, 15) is 9.90 Å². The molecule has 0 bridgehead atoms. The Labute approximate surface area is 195 Å². The van der Waals surface area contributed by atoms with E-state index >= 15 is 0 Å². The molecule has 9 unspecified atom stereocenters. The summed E-state index contributed by atoms with van der Waals surface area (Å²) in [4.78, 5) is 13.7. The molecule has 3 heteroatoms. The molecule has 6 aliphatic rings. The van der Waals surface area contributed by atoms with Crippen molar-refractivity contribution in [3.63, 3.8) is 0 Å². The third kappa shape index (κ3) is 2.59. The van der Waals surface area contributed by atoms with Gasteiger partial charge in [-0.1, -0.05) is 34.6 Å². The first kappa shape index (κ1) is 22.1. The first-order valence-electron chi connectivity index (χ1n) is 13.9. The average Bonchev–Trinajstić information content (AvgIpc) is 3.18. The number of aliphatic hydroxyl groups is 1. The van der Waals surface area contributed by atoms with Crippen LogP contribution >= 0.6 is 0 Å². The Morgan fingerprint density at radius 2 is 1.66 bits per heavy atom. The molecule has 3 nitrogen and oxygen atoms in total. The molecule has 0 aromatic rings. The number of hydrogen-bond donors (Lipinski definition) is 1. The van der Waals surface area contributed by atoms with Crippen LogP contribution in [0.2, 0.25) is 0 Å². The summed E-state index contributed by atoms with van der Waals surface area (Å²) in [6.07, 6.45) is 12.4. The van der Waals surface area contributed by atoms with Crippen molar-refractivity contribution in [2.45, 2.75) is 123 Å². The van der Waals surface area contributed by atoms with E-state index in [1.165, 1.54) is 44.9 Å². The molecule has 0 amide bonds. The quantitative estimate of drug-likeness (QED) is 0.488. The van der Waals surface area contributed by atoms with E-state index < -0.39 is 0 Å². The Balaban J connectivity index is 1.30. The van der Waals surface area contributed by atoms with Gasteiger partial charge in [-0.15, -0.1) is 0 Å². The molecule has 0 aromatic heterocycles. The number of ketones is 1. The van der Waals surface area contributed by atoms with E-state index in [1.54, 1.807) is 0 Å². The minimum atomic E-state index is -0.333. The maximum atomic E-state index is 13.7. The van der Waals surface area contributed by atoms with Crippen LogP contribution in [0.25, 0.3) is 0 Å². The molecule has 0 radical (unpaired) electrons. The van der Waals surface area contributed by atoms with Crippen molar-refractivity contribution in [3.8, 4) is 0 Å². The summed E-state index contributed by atoms with van der Waals surface area (Å²) in [5, 5.41) is 10.4. The van der Waals surface area contributed by atoms with Crippen molar-refractivity contribution in [2.24, 2.45) is 51.8 Å². The second-order valence-electron chi connectivity index (χ2n) is 14.1. The van der Waals surface area contributed by atoms with E-state index in [0.29, 0.717) is 53.3 Å². The second kappa shape index (κ2) is 6.84. The first-order valence-corrected chi connectivity index (χ1v) is 13.9. The maximum Gasteiger partial charge on any atom is 0.139 e. The molecule has 5 saturated carbocycles. The summed E-state index contributed by atoms with van der Waals surface area (Å²) < 4.78 is 7.09. The standard InChI is InChI=1S/C29H46O3/c1-17-6-12-29(13-7-17)18(2)25-23(32-29)15-22-20-14-24(31)28(5)16-19(30)8-11-27(28,4)21(20)9-10-26(22,25)3/h17-23,25,30H,6-16H2,1-5H3/t17?,18?,19?,20?,21?,22?,23?,25?,26?,27?,28-,29?/m1/s1. The summed E-state index contributed by atoms with van der Waals surface area (Å²) in [6, 6.07) is 0. The fraction of sp³-hybridized carbons (Fsp3) is 0.966. The first-order chi connectivity index (χ1) is 15.0. The molecule has 10 atom stereocenters. The van der Waals surface area contributed by atoms with Crippen LogP contribution in [0.15, 0.2) is 0 Å². The highest BCUT2D eigenvalue weighted by Gasteiger charge is 2.70. The topological polar surface area (TPSA) is 46.5 Å². The maximum absolute atomic E-state index is 13.7. The molecule has 1 aliphatic heterocycles. The van der Waals surface area contributed by atoms with E-state index in [2.05, 4.69) is 34.6 Å². The zero-order valence-corrected chi connectivity index (χ0v) is 21.2. The van der Waals surface area contributed by atoms with Crippen LogP contribution < -0.4 is 0 Å². The number of Topliss-reactive ketones (excluding diaryl/α,β-unsaturated/α-hetero) is 1. The lowest BCUT2D eigenvalue weighted by molar-refractivity contribution is -0.184. The predicted molar refractivity (Wildman–Crippen MR) is 126 cm³/mol. The number of ether oxygens (including phenoxy) is 1. The van der Waals surface area contributed by atoms with Crippen LogP contribution in [-0.4, -0.2) is 28.7 Å². The third-order valence-corrected chi connectivity index (χ3v) is 13.2. The van der Waals surface area contributed by atoms with Gasteiger partial charge in [-0.2, -0.15) is 0 Å². The van der Waals surface area contributed by atoms with Crippen LogP contribution in [0, 0.1) is 51.8 Å².